The lowest BCUT2D eigenvalue weighted by Crippen LogP contribution is -2.41. The van der Waals surface area contributed by atoms with Crippen LogP contribution >= 0.6 is 0 Å². The first-order valence-electron chi connectivity index (χ1n) is 9.88. The van der Waals surface area contributed by atoms with Crippen LogP contribution < -0.4 is 10.6 Å². The lowest BCUT2D eigenvalue weighted by Gasteiger charge is -2.17. The second-order valence-corrected chi connectivity index (χ2v) is 7.12. The summed E-state index contributed by atoms with van der Waals surface area (Å²) < 4.78 is 21.7. The van der Waals surface area contributed by atoms with Crippen LogP contribution in [0.15, 0.2) is 60.7 Å². The van der Waals surface area contributed by atoms with E-state index in [1.165, 1.54) is 0 Å². The second kappa shape index (κ2) is 9.58. The number of carbonyl (C=O) groups is 4. The van der Waals surface area contributed by atoms with Crippen molar-refractivity contribution in [3.63, 3.8) is 0 Å². The summed E-state index contributed by atoms with van der Waals surface area (Å²) in [5, 5.41) is 4.28. The van der Waals surface area contributed by atoms with Crippen LogP contribution in [0.4, 0.5) is 9.59 Å². The maximum absolute atomic E-state index is 12.1. The normalized spacial score (nSPS) is 23.6. The third kappa shape index (κ3) is 4.93. The summed E-state index contributed by atoms with van der Waals surface area (Å²) in [6, 6.07) is 16.4. The number of ether oxygens (including phenoxy) is 4. The molecule has 4 amide bonds. The predicted molar refractivity (Wildman–Crippen MR) is 108 cm³/mol. The van der Waals surface area contributed by atoms with Crippen molar-refractivity contribution in [3.8, 4) is 0 Å². The Morgan fingerprint density at radius 1 is 0.656 bits per heavy atom. The van der Waals surface area contributed by atoms with Gasteiger partial charge in [-0.15, -0.1) is 0 Å². The highest BCUT2D eigenvalue weighted by molar-refractivity contribution is 6.03. The van der Waals surface area contributed by atoms with E-state index in [1.54, 1.807) is 60.7 Å². The monoisotopic (exact) mass is 440 g/mol. The van der Waals surface area contributed by atoms with Crippen molar-refractivity contribution in [3.05, 3.63) is 71.8 Å². The lowest BCUT2D eigenvalue weighted by atomic mass is 10.1. The Kier molecular flexibility index (Phi) is 6.43. The maximum atomic E-state index is 12.1. The van der Waals surface area contributed by atoms with E-state index in [4.69, 9.17) is 18.9 Å². The molecule has 2 aromatic rings. The predicted octanol–water partition coefficient (Wildman–Crippen LogP) is 1.65. The molecule has 10 heteroatoms. The largest absolute Gasteiger partial charge is 0.441 e. The van der Waals surface area contributed by atoms with Gasteiger partial charge in [0.1, 0.15) is 12.2 Å². The Morgan fingerprint density at radius 2 is 1.03 bits per heavy atom. The van der Waals surface area contributed by atoms with Crippen LogP contribution in [0.3, 0.4) is 0 Å². The molecule has 0 spiro atoms. The molecule has 10 nitrogen and oxygen atoms in total. The Morgan fingerprint density at radius 3 is 1.41 bits per heavy atom. The Labute approximate surface area is 182 Å². The molecule has 2 aliphatic heterocycles. The number of rotatable bonds is 4. The van der Waals surface area contributed by atoms with Crippen molar-refractivity contribution in [2.24, 2.45) is 0 Å². The molecule has 0 radical (unpaired) electrons. The molecule has 2 aliphatic rings. The molecule has 0 unspecified atom stereocenters. The van der Waals surface area contributed by atoms with Gasteiger partial charge in [0.25, 0.3) is 11.8 Å². The molecule has 4 atom stereocenters. The molecule has 2 heterocycles. The second-order valence-electron chi connectivity index (χ2n) is 7.12. The van der Waals surface area contributed by atoms with E-state index >= 15 is 0 Å². The number of benzene rings is 2. The summed E-state index contributed by atoms with van der Waals surface area (Å²) in [7, 11) is 0. The fourth-order valence-electron chi connectivity index (χ4n) is 3.47. The zero-order valence-electron chi connectivity index (χ0n) is 16.8. The first-order chi connectivity index (χ1) is 15.5. The van der Waals surface area contributed by atoms with E-state index in [9.17, 15) is 19.2 Å². The van der Waals surface area contributed by atoms with Crippen LogP contribution in [0.25, 0.3) is 0 Å². The molecule has 0 saturated carbocycles. The van der Waals surface area contributed by atoms with Crippen LogP contribution in [-0.2, 0) is 18.9 Å². The van der Waals surface area contributed by atoms with Crippen molar-refractivity contribution in [1.29, 1.82) is 0 Å². The molecule has 2 aromatic carbocycles. The first-order valence-corrected chi connectivity index (χ1v) is 9.88. The van der Waals surface area contributed by atoms with Gasteiger partial charge in [-0.2, -0.15) is 0 Å². The lowest BCUT2D eigenvalue weighted by molar-refractivity contribution is -0.0113. The summed E-state index contributed by atoms with van der Waals surface area (Å²) in [5.74, 6) is -1.20. The smallest absolute Gasteiger partial charge is 0.414 e. The van der Waals surface area contributed by atoms with Gasteiger partial charge in [0.15, 0.2) is 12.2 Å². The highest BCUT2D eigenvalue weighted by atomic mass is 16.7. The van der Waals surface area contributed by atoms with Gasteiger partial charge in [-0.05, 0) is 24.3 Å². The summed E-state index contributed by atoms with van der Waals surface area (Å²) >= 11 is 0. The van der Waals surface area contributed by atoms with Gasteiger partial charge in [0.05, 0.1) is 13.2 Å². The van der Waals surface area contributed by atoms with E-state index in [1.807, 2.05) is 0 Å². The van der Waals surface area contributed by atoms with E-state index < -0.39 is 48.4 Å². The molecule has 0 aromatic heterocycles. The van der Waals surface area contributed by atoms with Crippen LogP contribution in [-0.4, -0.2) is 61.6 Å². The molecular formula is C22H20N2O8. The average Bonchev–Trinajstić information content (AvgIpc) is 3.38. The van der Waals surface area contributed by atoms with Crippen LogP contribution in [0.2, 0.25) is 0 Å². The molecule has 2 N–H and O–H groups in total. The van der Waals surface area contributed by atoms with Gasteiger partial charge in [0.2, 0.25) is 0 Å². The van der Waals surface area contributed by atoms with Crippen LogP contribution in [0.1, 0.15) is 20.7 Å². The summed E-state index contributed by atoms with van der Waals surface area (Å²) in [5.41, 5.74) is 0.623. The fraction of sp³-hybridized carbons (Fsp3) is 0.273. The van der Waals surface area contributed by atoms with Crippen molar-refractivity contribution in [1.82, 2.24) is 10.6 Å². The summed E-state index contributed by atoms with van der Waals surface area (Å²) in [6.07, 6.45) is -4.79. The minimum atomic E-state index is -0.938. The zero-order valence-corrected chi connectivity index (χ0v) is 16.8. The third-order valence-electron chi connectivity index (χ3n) is 4.98. The van der Waals surface area contributed by atoms with Crippen molar-refractivity contribution < 1.29 is 38.1 Å². The average molecular weight is 440 g/mol. The Balaban J connectivity index is 1.26. The van der Waals surface area contributed by atoms with Gasteiger partial charge in [0, 0.05) is 11.1 Å². The maximum Gasteiger partial charge on any atom is 0.414 e. The van der Waals surface area contributed by atoms with Crippen molar-refractivity contribution in [2.75, 3.05) is 13.2 Å². The van der Waals surface area contributed by atoms with E-state index in [0.717, 1.165) is 0 Å². The first kappa shape index (κ1) is 21.5. The van der Waals surface area contributed by atoms with E-state index in [-0.39, 0.29) is 13.2 Å². The molecule has 4 rings (SSSR count). The number of amides is 4. The molecule has 32 heavy (non-hydrogen) atoms. The third-order valence-corrected chi connectivity index (χ3v) is 4.98. The van der Waals surface area contributed by atoms with Gasteiger partial charge in [-0.3, -0.25) is 20.2 Å². The number of carbonyl (C=O) groups excluding carboxylic acids is 4. The molecule has 2 saturated heterocycles. The molecular weight excluding hydrogens is 420 g/mol. The minimum absolute atomic E-state index is 0.00665. The number of nitrogens with one attached hydrogen (secondary N) is 2. The van der Waals surface area contributed by atoms with Gasteiger partial charge < -0.3 is 18.9 Å². The van der Waals surface area contributed by atoms with Crippen LogP contribution in [0, 0.1) is 0 Å². The van der Waals surface area contributed by atoms with Gasteiger partial charge >= 0.3 is 12.2 Å². The summed E-state index contributed by atoms with van der Waals surface area (Å²) in [4.78, 5) is 48.3. The number of hydrogen-bond donors (Lipinski definition) is 2. The van der Waals surface area contributed by atoms with Gasteiger partial charge in [-0.1, -0.05) is 36.4 Å². The van der Waals surface area contributed by atoms with Crippen molar-refractivity contribution in [2.45, 2.75) is 24.4 Å². The summed E-state index contributed by atoms with van der Waals surface area (Å²) in [6.45, 7) is 0.0133. The molecule has 2 fully saturated rings. The van der Waals surface area contributed by atoms with Gasteiger partial charge in [-0.25, -0.2) is 9.59 Å². The Bertz CT molecular complexity index is 916. The van der Waals surface area contributed by atoms with Crippen LogP contribution in [0.5, 0.6) is 0 Å². The number of imide groups is 2. The molecule has 0 bridgehead atoms. The number of fused-ring (bicyclic) bond motifs is 1. The SMILES string of the molecule is O=C(NC(=O)c1ccccc1)O[C@H]1CO[C@H]2[C@@H]1OC[C@H]2OC(=O)NC(=O)c1ccccc1. The quantitative estimate of drug-likeness (QED) is 0.734. The standard InChI is InChI=1S/C22H20N2O8/c25-19(13-7-3-1-4-8-13)23-21(27)31-15-11-29-18-16(12-30-17(15)18)32-22(28)24-20(26)14-9-5-2-6-10-14/h1-10,15-18H,11-12H2,(H,23,25,27)(H,24,26,28)/t15-,16+,17-,18-/m1/s1. The molecule has 166 valence electrons. The zero-order chi connectivity index (χ0) is 22.5. The topological polar surface area (TPSA) is 129 Å². The minimum Gasteiger partial charge on any atom is -0.441 e. The number of alkyl carbamates (subject to hydrolysis) is 2. The van der Waals surface area contributed by atoms with E-state index in [0.29, 0.717) is 11.1 Å². The van der Waals surface area contributed by atoms with Crippen molar-refractivity contribution >= 4 is 24.0 Å². The van der Waals surface area contributed by atoms with E-state index in [2.05, 4.69) is 10.6 Å². The number of hydrogen-bond acceptors (Lipinski definition) is 8. The fourth-order valence-corrected chi connectivity index (χ4v) is 3.47. The molecule has 0 aliphatic carbocycles. The highest BCUT2D eigenvalue weighted by Crippen LogP contribution is 2.30. The highest BCUT2D eigenvalue weighted by Gasteiger charge is 2.51. The Hall–Kier alpha value is -3.76.